The highest BCUT2D eigenvalue weighted by molar-refractivity contribution is 9.10. The molecule has 0 radical (unpaired) electrons. The molecule has 1 atom stereocenters. The molecule has 0 fully saturated rings. The van der Waals surface area contributed by atoms with Gasteiger partial charge >= 0.3 is 0 Å². The molecule has 2 N–H and O–H groups in total. The van der Waals surface area contributed by atoms with Crippen LogP contribution in [0.25, 0.3) is 0 Å². The van der Waals surface area contributed by atoms with E-state index in [0.29, 0.717) is 0 Å². The minimum atomic E-state index is 0.129. The molecule has 1 aromatic rings. The first-order valence-corrected chi connectivity index (χ1v) is 8.52. The van der Waals surface area contributed by atoms with Crippen LogP contribution in [0.2, 0.25) is 5.02 Å². The summed E-state index contributed by atoms with van der Waals surface area (Å²) in [7, 11) is 0. The Morgan fingerprint density at radius 1 is 1.11 bits per heavy atom. The maximum absolute atomic E-state index is 6.21. The van der Waals surface area contributed by atoms with Gasteiger partial charge in [0.15, 0.2) is 0 Å². The standard InChI is InChI=1S/C16H25BrClN/c1-2-3-4-5-6-7-8-9-16(19)13-10-11-15(18)14(17)12-13/h10-12,16H,2-9,19H2,1H3. The van der Waals surface area contributed by atoms with Crippen molar-refractivity contribution in [3.63, 3.8) is 0 Å². The maximum atomic E-state index is 6.21. The summed E-state index contributed by atoms with van der Waals surface area (Å²) in [6.07, 6.45) is 10.4. The van der Waals surface area contributed by atoms with E-state index in [0.717, 1.165) is 15.9 Å². The third-order valence-corrected chi connectivity index (χ3v) is 4.70. The number of nitrogens with two attached hydrogens (primary N) is 1. The Morgan fingerprint density at radius 2 is 1.74 bits per heavy atom. The summed E-state index contributed by atoms with van der Waals surface area (Å²) in [5.74, 6) is 0. The van der Waals surface area contributed by atoms with Crippen molar-refractivity contribution < 1.29 is 0 Å². The second-order valence-electron chi connectivity index (χ2n) is 5.19. The Balaban J connectivity index is 2.20. The van der Waals surface area contributed by atoms with Crippen molar-refractivity contribution >= 4 is 27.5 Å². The van der Waals surface area contributed by atoms with Gasteiger partial charge in [-0.15, -0.1) is 0 Å². The van der Waals surface area contributed by atoms with Crippen LogP contribution in [0.1, 0.15) is 69.9 Å². The van der Waals surface area contributed by atoms with Crippen LogP contribution < -0.4 is 5.73 Å². The molecular formula is C16H25BrClN. The van der Waals surface area contributed by atoms with Crippen molar-refractivity contribution in [2.24, 2.45) is 5.73 Å². The highest BCUT2D eigenvalue weighted by Gasteiger charge is 2.07. The molecule has 0 amide bonds. The lowest BCUT2D eigenvalue weighted by atomic mass is 10.0. The van der Waals surface area contributed by atoms with Crippen LogP contribution in [-0.2, 0) is 0 Å². The van der Waals surface area contributed by atoms with Crippen molar-refractivity contribution in [1.82, 2.24) is 0 Å². The molecule has 19 heavy (non-hydrogen) atoms. The van der Waals surface area contributed by atoms with Crippen molar-refractivity contribution in [2.45, 2.75) is 64.3 Å². The van der Waals surface area contributed by atoms with Crippen molar-refractivity contribution in [3.8, 4) is 0 Å². The molecule has 0 spiro atoms. The van der Waals surface area contributed by atoms with Gasteiger partial charge in [0.05, 0.1) is 5.02 Å². The maximum Gasteiger partial charge on any atom is 0.0548 e. The Morgan fingerprint density at radius 3 is 2.37 bits per heavy atom. The zero-order valence-electron chi connectivity index (χ0n) is 11.8. The van der Waals surface area contributed by atoms with E-state index in [1.54, 1.807) is 0 Å². The molecule has 3 heteroatoms. The molecule has 1 rings (SSSR count). The normalized spacial score (nSPS) is 12.6. The highest BCUT2D eigenvalue weighted by atomic mass is 79.9. The molecule has 1 unspecified atom stereocenters. The number of benzene rings is 1. The number of rotatable bonds is 9. The predicted molar refractivity (Wildman–Crippen MR) is 88.7 cm³/mol. The van der Waals surface area contributed by atoms with Gasteiger partial charge < -0.3 is 5.73 Å². The van der Waals surface area contributed by atoms with Crippen LogP contribution in [0.15, 0.2) is 22.7 Å². The van der Waals surface area contributed by atoms with E-state index >= 15 is 0 Å². The summed E-state index contributed by atoms with van der Waals surface area (Å²) in [5, 5.41) is 0.742. The van der Waals surface area contributed by atoms with Gasteiger partial charge in [-0.1, -0.05) is 69.5 Å². The predicted octanol–water partition coefficient (Wildman–Crippen LogP) is 6.24. The average Bonchev–Trinajstić information content (AvgIpc) is 2.40. The molecule has 108 valence electrons. The van der Waals surface area contributed by atoms with Crippen molar-refractivity contribution in [3.05, 3.63) is 33.3 Å². The van der Waals surface area contributed by atoms with Crippen molar-refractivity contribution in [1.29, 1.82) is 0 Å². The van der Waals surface area contributed by atoms with E-state index in [2.05, 4.69) is 22.9 Å². The Labute approximate surface area is 131 Å². The fraction of sp³-hybridized carbons (Fsp3) is 0.625. The van der Waals surface area contributed by atoms with Crippen LogP contribution in [0.4, 0.5) is 0 Å². The molecule has 0 heterocycles. The van der Waals surface area contributed by atoms with Gasteiger partial charge in [0.1, 0.15) is 0 Å². The van der Waals surface area contributed by atoms with E-state index in [1.807, 2.05) is 18.2 Å². The lowest BCUT2D eigenvalue weighted by molar-refractivity contribution is 0.541. The molecule has 0 saturated carbocycles. The topological polar surface area (TPSA) is 26.0 Å². The smallest absolute Gasteiger partial charge is 0.0548 e. The van der Waals surface area contributed by atoms with E-state index in [4.69, 9.17) is 17.3 Å². The molecule has 0 aliphatic heterocycles. The lowest BCUT2D eigenvalue weighted by Gasteiger charge is -2.12. The van der Waals surface area contributed by atoms with Gasteiger partial charge in [0.2, 0.25) is 0 Å². The van der Waals surface area contributed by atoms with E-state index < -0.39 is 0 Å². The molecule has 0 bridgehead atoms. The third-order valence-electron chi connectivity index (χ3n) is 3.49. The largest absolute Gasteiger partial charge is 0.324 e. The van der Waals surface area contributed by atoms with Gasteiger partial charge in [-0.25, -0.2) is 0 Å². The van der Waals surface area contributed by atoms with Gasteiger partial charge in [-0.2, -0.15) is 0 Å². The summed E-state index contributed by atoms with van der Waals surface area (Å²) >= 11 is 9.43. The van der Waals surface area contributed by atoms with Crippen molar-refractivity contribution in [2.75, 3.05) is 0 Å². The second-order valence-corrected chi connectivity index (χ2v) is 6.45. The first-order chi connectivity index (χ1) is 9.15. The quantitative estimate of drug-likeness (QED) is 0.526. The summed E-state index contributed by atoms with van der Waals surface area (Å²) in [6, 6.07) is 6.10. The molecule has 0 saturated heterocycles. The molecular weight excluding hydrogens is 322 g/mol. The zero-order valence-corrected chi connectivity index (χ0v) is 14.1. The van der Waals surface area contributed by atoms with Gasteiger partial charge in [-0.05, 0) is 40.0 Å². The Hall–Kier alpha value is -0.0500. The molecule has 0 aromatic heterocycles. The van der Waals surface area contributed by atoms with Gasteiger partial charge in [-0.3, -0.25) is 0 Å². The molecule has 0 aliphatic rings. The third kappa shape index (κ3) is 6.78. The van der Waals surface area contributed by atoms with E-state index in [1.165, 1.54) is 50.5 Å². The minimum Gasteiger partial charge on any atom is -0.324 e. The van der Waals surface area contributed by atoms with Crippen LogP contribution in [0.5, 0.6) is 0 Å². The monoisotopic (exact) mass is 345 g/mol. The highest BCUT2D eigenvalue weighted by Crippen LogP contribution is 2.27. The molecule has 1 nitrogen and oxygen atoms in total. The van der Waals surface area contributed by atoms with E-state index in [-0.39, 0.29) is 6.04 Å². The van der Waals surface area contributed by atoms with Gasteiger partial charge in [0.25, 0.3) is 0 Å². The number of hydrogen-bond donors (Lipinski definition) is 1. The van der Waals surface area contributed by atoms with Crippen LogP contribution in [-0.4, -0.2) is 0 Å². The first-order valence-electron chi connectivity index (χ1n) is 7.35. The average molecular weight is 347 g/mol. The lowest BCUT2D eigenvalue weighted by Crippen LogP contribution is -2.10. The van der Waals surface area contributed by atoms with Crippen LogP contribution in [0.3, 0.4) is 0 Å². The SMILES string of the molecule is CCCCCCCCCC(N)c1ccc(Cl)c(Br)c1. The van der Waals surface area contributed by atoms with Crippen LogP contribution in [0, 0.1) is 0 Å². The molecule has 1 aromatic carbocycles. The first kappa shape index (κ1) is 17.0. The van der Waals surface area contributed by atoms with Gasteiger partial charge in [0, 0.05) is 10.5 Å². The second kappa shape index (κ2) is 9.79. The fourth-order valence-corrected chi connectivity index (χ4v) is 2.75. The summed E-state index contributed by atoms with van der Waals surface area (Å²) in [5.41, 5.74) is 7.38. The minimum absolute atomic E-state index is 0.129. The number of unbranched alkanes of at least 4 members (excludes halogenated alkanes) is 6. The van der Waals surface area contributed by atoms with Crippen LogP contribution >= 0.6 is 27.5 Å². The summed E-state index contributed by atoms with van der Waals surface area (Å²) in [4.78, 5) is 0. The number of halogens is 2. The Kier molecular flexibility index (Phi) is 8.76. The summed E-state index contributed by atoms with van der Waals surface area (Å²) in [6.45, 7) is 2.25. The zero-order chi connectivity index (χ0) is 14.1. The van der Waals surface area contributed by atoms with E-state index in [9.17, 15) is 0 Å². The number of hydrogen-bond acceptors (Lipinski definition) is 1. The summed E-state index contributed by atoms with van der Waals surface area (Å²) < 4.78 is 0.932. The fourth-order valence-electron chi connectivity index (χ4n) is 2.23. The molecule has 0 aliphatic carbocycles. The Bertz CT molecular complexity index is 368.